The van der Waals surface area contributed by atoms with Crippen LogP contribution in [0.1, 0.15) is 24.0 Å². The van der Waals surface area contributed by atoms with Crippen molar-refractivity contribution < 1.29 is 14.0 Å². The Morgan fingerprint density at radius 3 is 2.52 bits per heavy atom. The number of rotatable bonds is 6. The van der Waals surface area contributed by atoms with Crippen molar-refractivity contribution in [2.24, 2.45) is 5.92 Å². The van der Waals surface area contributed by atoms with Crippen molar-refractivity contribution in [3.63, 3.8) is 0 Å². The predicted octanol–water partition coefficient (Wildman–Crippen LogP) is 3.17. The first kappa shape index (κ1) is 17.0. The average molecular weight is 341 g/mol. The van der Waals surface area contributed by atoms with Gasteiger partial charge >= 0.3 is 6.03 Å². The molecule has 2 aromatic carbocycles. The molecule has 6 heteroatoms. The number of amides is 3. The summed E-state index contributed by atoms with van der Waals surface area (Å²) in [6.45, 7) is 0.437. The third-order valence-corrected chi connectivity index (χ3v) is 3.99. The third kappa shape index (κ3) is 5.04. The summed E-state index contributed by atoms with van der Waals surface area (Å²) in [7, 11) is 0. The van der Waals surface area contributed by atoms with Gasteiger partial charge < -0.3 is 16.0 Å². The fourth-order valence-corrected chi connectivity index (χ4v) is 2.41. The highest BCUT2D eigenvalue weighted by molar-refractivity contribution is 5.94. The Balaban J connectivity index is 1.46. The summed E-state index contributed by atoms with van der Waals surface area (Å²) in [6.07, 6.45) is 1.91. The van der Waals surface area contributed by atoms with Crippen molar-refractivity contribution in [1.82, 2.24) is 10.6 Å². The molecule has 25 heavy (non-hydrogen) atoms. The van der Waals surface area contributed by atoms with E-state index in [9.17, 15) is 14.0 Å². The Hall–Kier alpha value is -2.89. The second-order valence-electron chi connectivity index (χ2n) is 6.09. The number of carbonyl (C=O) groups excluding carboxylic acids is 2. The van der Waals surface area contributed by atoms with Gasteiger partial charge in [-0.25, -0.2) is 9.18 Å². The lowest BCUT2D eigenvalue weighted by atomic mass is 10.2. The van der Waals surface area contributed by atoms with Gasteiger partial charge in [-0.1, -0.05) is 30.3 Å². The van der Waals surface area contributed by atoms with Crippen molar-refractivity contribution in [2.75, 3.05) is 5.32 Å². The largest absolute Gasteiger partial charge is 0.334 e. The zero-order valence-corrected chi connectivity index (χ0v) is 13.7. The normalized spacial score (nSPS) is 13.2. The van der Waals surface area contributed by atoms with Crippen molar-refractivity contribution in [1.29, 1.82) is 0 Å². The Morgan fingerprint density at radius 1 is 1.00 bits per heavy atom. The highest BCUT2D eigenvalue weighted by Gasteiger charge is 2.29. The second kappa shape index (κ2) is 7.79. The molecule has 1 saturated carbocycles. The summed E-state index contributed by atoms with van der Waals surface area (Å²) in [4.78, 5) is 23.6. The van der Waals surface area contributed by atoms with Gasteiger partial charge in [0.2, 0.25) is 5.91 Å². The molecule has 2 aromatic rings. The number of benzene rings is 2. The van der Waals surface area contributed by atoms with Crippen LogP contribution >= 0.6 is 0 Å². The van der Waals surface area contributed by atoms with Gasteiger partial charge in [0.25, 0.3) is 0 Å². The Kier molecular flexibility index (Phi) is 5.28. The van der Waals surface area contributed by atoms with Crippen LogP contribution in [-0.4, -0.2) is 11.9 Å². The maximum Gasteiger partial charge on any atom is 0.315 e. The van der Waals surface area contributed by atoms with E-state index in [0.717, 1.165) is 24.1 Å². The molecule has 130 valence electrons. The fourth-order valence-electron chi connectivity index (χ4n) is 2.41. The van der Waals surface area contributed by atoms with Crippen LogP contribution in [0.3, 0.4) is 0 Å². The Morgan fingerprint density at radius 2 is 1.76 bits per heavy atom. The van der Waals surface area contributed by atoms with Gasteiger partial charge in [-0.3, -0.25) is 4.79 Å². The van der Waals surface area contributed by atoms with E-state index in [2.05, 4.69) is 16.0 Å². The molecular formula is C19H20FN3O2. The van der Waals surface area contributed by atoms with Gasteiger partial charge in [-0.15, -0.1) is 0 Å². The van der Waals surface area contributed by atoms with Crippen LogP contribution in [0.4, 0.5) is 14.9 Å². The molecular weight excluding hydrogens is 321 g/mol. The molecule has 1 aliphatic rings. The monoisotopic (exact) mass is 341 g/mol. The van der Waals surface area contributed by atoms with Gasteiger partial charge in [-0.05, 0) is 36.6 Å². The number of urea groups is 1. The standard InChI is InChI=1S/C19H20FN3O2/c20-17-7-2-1-5-15(17)12-22-19(25)21-11-13-4-3-6-16(10-13)23-18(24)14-8-9-14/h1-7,10,14H,8-9,11-12H2,(H,23,24)(H2,21,22,25). The minimum absolute atomic E-state index is 0.0488. The third-order valence-electron chi connectivity index (χ3n) is 3.99. The summed E-state index contributed by atoms with van der Waals surface area (Å²) in [5, 5.41) is 8.22. The van der Waals surface area contributed by atoms with Crippen molar-refractivity contribution in [3.8, 4) is 0 Å². The van der Waals surface area contributed by atoms with Crippen molar-refractivity contribution in [2.45, 2.75) is 25.9 Å². The van der Waals surface area contributed by atoms with E-state index in [0.29, 0.717) is 12.1 Å². The van der Waals surface area contributed by atoms with Crippen LogP contribution < -0.4 is 16.0 Å². The first-order valence-electron chi connectivity index (χ1n) is 8.27. The summed E-state index contributed by atoms with van der Waals surface area (Å²) >= 11 is 0. The molecule has 0 atom stereocenters. The number of carbonyl (C=O) groups is 2. The zero-order chi connectivity index (χ0) is 17.6. The smallest absolute Gasteiger partial charge is 0.315 e. The van der Waals surface area contributed by atoms with Gasteiger partial charge in [-0.2, -0.15) is 0 Å². The maximum atomic E-state index is 13.5. The van der Waals surface area contributed by atoms with Crippen LogP contribution in [-0.2, 0) is 17.9 Å². The number of hydrogen-bond acceptors (Lipinski definition) is 2. The number of halogens is 1. The molecule has 0 unspecified atom stereocenters. The van der Waals surface area contributed by atoms with Gasteiger partial charge in [0.1, 0.15) is 5.82 Å². The quantitative estimate of drug-likeness (QED) is 0.755. The molecule has 1 fully saturated rings. The lowest BCUT2D eigenvalue weighted by Gasteiger charge is -2.10. The average Bonchev–Trinajstić information content (AvgIpc) is 3.45. The molecule has 0 aromatic heterocycles. The topological polar surface area (TPSA) is 70.2 Å². The first-order valence-corrected chi connectivity index (χ1v) is 8.27. The lowest BCUT2D eigenvalue weighted by Crippen LogP contribution is -2.34. The second-order valence-corrected chi connectivity index (χ2v) is 6.09. The van der Waals surface area contributed by atoms with E-state index in [1.54, 1.807) is 18.2 Å². The molecule has 5 nitrogen and oxygen atoms in total. The van der Waals surface area contributed by atoms with Crippen LogP contribution in [0, 0.1) is 11.7 Å². The highest BCUT2D eigenvalue weighted by atomic mass is 19.1. The number of hydrogen-bond donors (Lipinski definition) is 3. The maximum absolute atomic E-state index is 13.5. The lowest BCUT2D eigenvalue weighted by molar-refractivity contribution is -0.117. The molecule has 3 N–H and O–H groups in total. The van der Waals surface area contributed by atoms with E-state index in [1.165, 1.54) is 6.07 Å². The van der Waals surface area contributed by atoms with Crippen LogP contribution in [0.2, 0.25) is 0 Å². The molecule has 0 spiro atoms. The SMILES string of the molecule is O=C(NCc1cccc(NC(=O)C2CC2)c1)NCc1ccccc1F. The minimum Gasteiger partial charge on any atom is -0.334 e. The predicted molar refractivity (Wildman–Crippen MR) is 93.3 cm³/mol. The van der Waals surface area contributed by atoms with Gasteiger partial charge in [0.05, 0.1) is 0 Å². The van der Waals surface area contributed by atoms with E-state index in [-0.39, 0.29) is 30.2 Å². The van der Waals surface area contributed by atoms with Gasteiger partial charge in [0.15, 0.2) is 0 Å². The Bertz CT molecular complexity index is 775. The Labute approximate surface area is 145 Å². The molecule has 0 heterocycles. The van der Waals surface area contributed by atoms with E-state index in [1.807, 2.05) is 24.3 Å². The van der Waals surface area contributed by atoms with Crippen molar-refractivity contribution >= 4 is 17.6 Å². The van der Waals surface area contributed by atoms with Gasteiger partial charge in [0, 0.05) is 30.3 Å². The van der Waals surface area contributed by atoms with Crippen LogP contribution in [0.25, 0.3) is 0 Å². The summed E-state index contributed by atoms with van der Waals surface area (Å²) < 4.78 is 13.5. The first-order chi connectivity index (χ1) is 12.1. The molecule has 0 aliphatic heterocycles. The minimum atomic E-state index is -0.379. The molecule has 0 saturated heterocycles. The molecule has 0 radical (unpaired) electrons. The highest BCUT2D eigenvalue weighted by Crippen LogP contribution is 2.30. The summed E-state index contributed by atoms with van der Waals surface area (Å²) in [5.74, 6) is -0.152. The van der Waals surface area contributed by atoms with Crippen LogP contribution in [0.5, 0.6) is 0 Å². The van der Waals surface area contributed by atoms with Crippen molar-refractivity contribution in [3.05, 3.63) is 65.5 Å². The molecule has 1 aliphatic carbocycles. The van der Waals surface area contributed by atoms with Crippen LogP contribution in [0.15, 0.2) is 48.5 Å². The summed E-state index contributed by atoms with van der Waals surface area (Å²) in [6, 6.07) is 13.3. The van der Waals surface area contributed by atoms with E-state index in [4.69, 9.17) is 0 Å². The summed E-state index contributed by atoms with van der Waals surface area (Å²) in [5.41, 5.74) is 2.03. The molecule has 3 rings (SSSR count). The molecule has 3 amide bonds. The van der Waals surface area contributed by atoms with E-state index >= 15 is 0 Å². The fraction of sp³-hybridized carbons (Fsp3) is 0.263. The number of nitrogens with one attached hydrogen (secondary N) is 3. The molecule has 0 bridgehead atoms. The zero-order valence-electron chi connectivity index (χ0n) is 13.7. The van der Waals surface area contributed by atoms with E-state index < -0.39 is 0 Å². The number of anilines is 1.